The minimum absolute atomic E-state index is 0.822. The molecule has 106 valence electrons. The molecule has 0 aliphatic rings. The van der Waals surface area contributed by atoms with Crippen LogP contribution in [0.4, 0.5) is 0 Å². The molecule has 0 spiro atoms. The van der Waals surface area contributed by atoms with E-state index in [0.717, 1.165) is 18.9 Å². The molecule has 1 heterocycles. The van der Waals surface area contributed by atoms with E-state index in [-0.39, 0.29) is 0 Å². The zero-order valence-electron chi connectivity index (χ0n) is 12.9. The van der Waals surface area contributed by atoms with E-state index in [0.29, 0.717) is 0 Å². The second-order valence-corrected chi connectivity index (χ2v) is 4.94. The molecule has 18 heavy (non-hydrogen) atoms. The van der Waals surface area contributed by atoms with E-state index >= 15 is 0 Å². The predicted octanol–water partition coefficient (Wildman–Crippen LogP) is 4.47. The van der Waals surface area contributed by atoms with E-state index in [4.69, 9.17) is 0 Å². The van der Waals surface area contributed by atoms with Crippen LogP contribution in [0.15, 0.2) is 6.20 Å². The molecule has 0 bridgehead atoms. The Kier molecular flexibility index (Phi) is 10.7. The summed E-state index contributed by atoms with van der Waals surface area (Å²) in [6.07, 6.45) is 9.37. The van der Waals surface area contributed by atoms with E-state index in [1.54, 1.807) is 0 Å². The van der Waals surface area contributed by atoms with Gasteiger partial charge in [0.1, 0.15) is 0 Å². The maximum absolute atomic E-state index is 4.13. The fraction of sp³-hybridized carbons (Fsp3) is 0.867. The summed E-state index contributed by atoms with van der Waals surface area (Å²) >= 11 is 0. The van der Waals surface area contributed by atoms with Gasteiger partial charge in [-0.25, -0.2) is 4.68 Å². The van der Waals surface area contributed by atoms with Crippen molar-refractivity contribution < 1.29 is 0 Å². The highest BCUT2D eigenvalue weighted by Crippen LogP contribution is 2.10. The first-order chi connectivity index (χ1) is 8.74. The van der Waals surface area contributed by atoms with Crippen LogP contribution in [0.2, 0.25) is 0 Å². The Labute approximate surface area is 113 Å². The van der Waals surface area contributed by atoms with Gasteiger partial charge in [0.05, 0.1) is 11.9 Å². The Balaban J connectivity index is 0.00000137. The molecule has 0 amide bonds. The number of aryl methyl sites for hydroxylation is 2. The van der Waals surface area contributed by atoms with Gasteiger partial charge >= 0.3 is 0 Å². The molecule has 0 atom stereocenters. The number of rotatable bonds is 8. The summed E-state index contributed by atoms with van der Waals surface area (Å²) in [4.78, 5) is 0. The van der Waals surface area contributed by atoms with Crippen LogP contribution in [0.3, 0.4) is 0 Å². The molecule has 3 heteroatoms. The molecule has 0 saturated carbocycles. The van der Waals surface area contributed by atoms with Crippen molar-refractivity contribution in [3.8, 4) is 0 Å². The van der Waals surface area contributed by atoms with Crippen LogP contribution in [-0.4, -0.2) is 15.0 Å². The Hall–Kier alpha value is -0.860. The summed E-state index contributed by atoms with van der Waals surface area (Å²) in [6.45, 7) is 11.8. The van der Waals surface area contributed by atoms with E-state index in [2.05, 4.69) is 35.8 Å². The van der Waals surface area contributed by atoms with Crippen LogP contribution >= 0.6 is 0 Å². The molecular weight excluding hydrogens is 222 g/mol. The van der Waals surface area contributed by atoms with Crippen LogP contribution in [0, 0.1) is 5.92 Å². The molecule has 3 nitrogen and oxygen atoms in total. The second-order valence-electron chi connectivity index (χ2n) is 4.94. The van der Waals surface area contributed by atoms with Crippen LogP contribution in [0.25, 0.3) is 0 Å². The molecule has 0 N–H and O–H groups in total. The Morgan fingerprint density at radius 2 is 1.89 bits per heavy atom. The summed E-state index contributed by atoms with van der Waals surface area (Å²) < 4.78 is 2.07. The van der Waals surface area contributed by atoms with E-state index in [1.165, 1.54) is 37.8 Å². The van der Waals surface area contributed by atoms with Gasteiger partial charge in [0.25, 0.3) is 0 Å². The van der Waals surface area contributed by atoms with Gasteiger partial charge in [-0.2, -0.15) is 0 Å². The van der Waals surface area contributed by atoms with Gasteiger partial charge in [-0.15, -0.1) is 5.10 Å². The Morgan fingerprint density at radius 1 is 1.17 bits per heavy atom. The average Bonchev–Trinajstić information content (AvgIpc) is 2.82. The Bertz CT molecular complexity index is 279. The summed E-state index contributed by atoms with van der Waals surface area (Å²) in [5.74, 6) is 0.822. The fourth-order valence-corrected chi connectivity index (χ4v) is 1.83. The quantitative estimate of drug-likeness (QED) is 0.640. The smallest absolute Gasteiger partial charge is 0.0725 e. The van der Waals surface area contributed by atoms with Crippen molar-refractivity contribution in [1.29, 1.82) is 0 Å². The zero-order valence-corrected chi connectivity index (χ0v) is 12.9. The van der Waals surface area contributed by atoms with Crippen molar-refractivity contribution in [3.63, 3.8) is 0 Å². The van der Waals surface area contributed by atoms with Crippen molar-refractivity contribution in [1.82, 2.24) is 15.0 Å². The van der Waals surface area contributed by atoms with Gasteiger partial charge in [0, 0.05) is 6.54 Å². The first-order valence-electron chi connectivity index (χ1n) is 7.61. The van der Waals surface area contributed by atoms with E-state index in [1.807, 2.05) is 20.0 Å². The molecule has 1 rings (SSSR count). The van der Waals surface area contributed by atoms with Gasteiger partial charge in [-0.1, -0.05) is 59.1 Å². The lowest BCUT2D eigenvalue weighted by atomic mass is 10.0. The lowest BCUT2D eigenvalue weighted by Crippen LogP contribution is -2.05. The highest BCUT2D eigenvalue weighted by atomic mass is 15.4. The number of nitrogens with zero attached hydrogens (tertiary/aromatic N) is 3. The van der Waals surface area contributed by atoms with Crippen LogP contribution < -0.4 is 0 Å². The average molecular weight is 253 g/mol. The number of aromatic nitrogens is 3. The standard InChI is InChI=1S/C13H25N3.C2H6/c1-4-5-10-16-13(11-14-15-16)9-7-6-8-12(2)3;1-2/h11-12H,4-10H2,1-3H3;1-2H3. The lowest BCUT2D eigenvalue weighted by molar-refractivity contribution is 0.507. The van der Waals surface area contributed by atoms with Crippen LogP contribution in [-0.2, 0) is 13.0 Å². The maximum Gasteiger partial charge on any atom is 0.0725 e. The largest absolute Gasteiger partial charge is 0.249 e. The van der Waals surface area contributed by atoms with Gasteiger partial charge in [-0.05, 0) is 25.2 Å². The van der Waals surface area contributed by atoms with E-state index < -0.39 is 0 Å². The van der Waals surface area contributed by atoms with Crippen LogP contribution in [0.5, 0.6) is 0 Å². The van der Waals surface area contributed by atoms with Crippen molar-refractivity contribution >= 4 is 0 Å². The van der Waals surface area contributed by atoms with Gasteiger partial charge in [0.15, 0.2) is 0 Å². The van der Waals surface area contributed by atoms with Gasteiger partial charge in [0.2, 0.25) is 0 Å². The summed E-state index contributed by atoms with van der Waals surface area (Å²) in [7, 11) is 0. The first kappa shape index (κ1) is 17.1. The molecule has 1 aromatic rings. The van der Waals surface area contributed by atoms with E-state index in [9.17, 15) is 0 Å². The predicted molar refractivity (Wildman–Crippen MR) is 78.7 cm³/mol. The highest BCUT2D eigenvalue weighted by Gasteiger charge is 2.03. The third-order valence-corrected chi connectivity index (χ3v) is 2.89. The second kappa shape index (κ2) is 11.2. The summed E-state index contributed by atoms with van der Waals surface area (Å²) in [6, 6.07) is 0. The summed E-state index contributed by atoms with van der Waals surface area (Å²) in [5, 5.41) is 8.14. The van der Waals surface area contributed by atoms with Crippen LogP contribution in [0.1, 0.15) is 72.4 Å². The maximum atomic E-state index is 4.13. The highest BCUT2D eigenvalue weighted by molar-refractivity contribution is 4.93. The molecule has 0 fully saturated rings. The number of hydrogen-bond acceptors (Lipinski definition) is 2. The normalized spacial score (nSPS) is 10.3. The topological polar surface area (TPSA) is 30.7 Å². The third-order valence-electron chi connectivity index (χ3n) is 2.89. The molecule has 0 aromatic carbocycles. The molecule has 0 saturated heterocycles. The molecule has 0 unspecified atom stereocenters. The number of hydrogen-bond donors (Lipinski definition) is 0. The minimum Gasteiger partial charge on any atom is -0.249 e. The monoisotopic (exact) mass is 253 g/mol. The molecular formula is C15H31N3. The molecule has 1 aromatic heterocycles. The zero-order chi connectivity index (χ0) is 13.8. The van der Waals surface area contributed by atoms with Gasteiger partial charge < -0.3 is 0 Å². The summed E-state index contributed by atoms with van der Waals surface area (Å²) in [5.41, 5.74) is 1.30. The minimum atomic E-state index is 0.822. The van der Waals surface area contributed by atoms with Crippen molar-refractivity contribution in [2.75, 3.05) is 0 Å². The molecule has 0 radical (unpaired) electrons. The number of unbranched alkanes of at least 4 members (excludes halogenated alkanes) is 2. The lowest BCUT2D eigenvalue weighted by Gasteiger charge is -2.06. The van der Waals surface area contributed by atoms with Gasteiger partial charge in [-0.3, -0.25) is 0 Å². The fourth-order valence-electron chi connectivity index (χ4n) is 1.83. The third kappa shape index (κ3) is 7.46. The van der Waals surface area contributed by atoms with Crippen molar-refractivity contribution in [3.05, 3.63) is 11.9 Å². The Morgan fingerprint density at radius 3 is 2.50 bits per heavy atom. The molecule has 0 aliphatic heterocycles. The first-order valence-corrected chi connectivity index (χ1v) is 7.61. The van der Waals surface area contributed by atoms with Crippen molar-refractivity contribution in [2.45, 2.75) is 79.7 Å². The molecule has 0 aliphatic carbocycles. The van der Waals surface area contributed by atoms with Crippen molar-refractivity contribution in [2.24, 2.45) is 5.92 Å². The SMILES string of the molecule is CC.CCCCn1nncc1CCCCC(C)C.